The topological polar surface area (TPSA) is 50.4 Å². The van der Waals surface area contributed by atoms with Gasteiger partial charge in [0.15, 0.2) is 0 Å². The second-order valence-corrected chi connectivity index (χ2v) is 4.08. The molecule has 0 aromatic heterocycles. The first-order valence-electron chi connectivity index (χ1n) is 5.83. The smallest absolute Gasteiger partial charge is 0.249 e. The molecule has 15 heavy (non-hydrogen) atoms. The Bertz CT molecular complexity index is 201. The molecule has 1 rings (SSSR count). The molecule has 0 radical (unpaired) electrons. The second kappa shape index (κ2) is 6.08. The summed E-state index contributed by atoms with van der Waals surface area (Å²) < 4.78 is 5.56. The van der Waals surface area contributed by atoms with E-state index in [0.717, 1.165) is 25.9 Å². The number of carbonyl (C=O) groups excluding carboxylic acids is 1. The van der Waals surface area contributed by atoms with E-state index in [1.807, 2.05) is 6.92 Å². The zero-order valence-corrected chi connectivity index (χ0v) is 9.88. The van der Waals surface area contributed by atoms with E-state index in [9.17, 15) is 4.79 Å². The summed E-state index contributed by atoms with van der Waals surface area (Å²) in [6.07, 6.45) is 1.82. The highest BCUT2D eigenvalue weighted by Crippen LogP contribution is 2.04. The van der Waals surface area contributed by atoms with Crippen molar-refractivity contribution in [2.45, 2.75) is 51.9 Å². The van der Waals surface area contributed by atoms with Crippen molar-refractivity contribution in [1.29, 1.82) is 0 Å². The minimum Gasteiger partial charge on any atom is -0.363 e. The van der Waals surface area contributed by atoms with Crippen molar-refractivity contribution in [3.8, 4) is 0 Å². The molecular weight excluding hydrogens is 192 g/mol. The van der Waals surface area contributed by atoms with Crippen molar-refractivity contribution in [2.75, 3.05) is 13.1 Å². The summed E-state index contributed by atoms with van der Waals surface area (Å²) in [6.45, 7) is 7.70. The fourth-order valence-corrected chi connectivity index (χ4v) is 1.52. The molecule has 1 heterocycles. The molecule has 4 nitrogen and oxygen atoms in total. The zero-order valence-electron chi connectivity index (χ0n) is 9.88. The Morgan fingerprint density at radius 1 is 1.47 bits per heavy atom. The molecule has 2 N–H and O–H groups in total. The van der Waals surface area contributed by atoms with Crippen LogP contribution in [0.25, 0.3) is 0 Å². The molecule has 1 aliphatic rings. The van der Waals surface area contributed by atoms with Crippen LogP contribution in [0.1, 0.15) is 33.6 Å². The molecule has 4 heteroatoms. The normalized spacial score (nSPS) is 18.7. The Morgan fingerprint density at radius 3 is 2.47 bits per heavy atom. The van der Waals surface area contributed by atoms with Crippen molar-refractivity contribution < 1.29 is 9.53 Å². The fourth-order valence-electron chi connectivity index (χ4n) is 1.52. The Kier molecular flexibility index (Phi) is 5.05. The van der Waals surface area contributed by atoms with Gasteiger partial charge in [0.25, 0.3) is 0 Å². The molecule has 1 amide bonds. The SMILES string of the molecule is CCC(CC)NC(=O)C(C)OC1CNC1. The Balaban J connectivity index is 2.24. The van der Waals surface area contributed by atoms with Gasteiger partial charge in [0.1, 0.15) is 6.10 Å². The van der Waals surface area contributed by atoms with Gasteiger partial charge in [-0.05, 0) is 19.8 Å². The molecule has 1 saturated heterocycles. The van der Waals surface area contributed by atoms with Crippen LogP contribution >= 0.6 is 0 Å². The van der Waals surface area contributed by atoms with Crippen molar-refractivity contribution >= 4 is 5.91 Å². The van der Waals surface area contributed by atoms with Crippen LogP contribution < -0.4 is 10.6 Å². The highest BCUT2D eigenvalue weighted by molar-refractivity contribution is 5.80. The maximum absolute atomic E-state index is 11.7. The van der Waals surface area contributed by atoms with E-state index in [4.69, 9.17) is 4.74 Å². The third-order valence-electron chi connectivity index (χ3n) is 2.84. The van der Waals surface area contributed by atoms with Gasteiger partial charge in [0, 0.05) is 19.1 Å². The quantitative estimate of drug-likeness (QED) is 0.683. The molecule has 1 aliphatic heterocycles. The van der Waals surface area contributed by atoms with Gasteiger partial charge in [0.05, 0.1) is 6.10 Å². The maximum atomic E-state index is 11.7. The molecule has 1 fully saturated rings. The number of ether oxygens (including phenoxy) is 1. The third kappa shape index (κ3) is 3.80. The van der Waals surface area contributed by atoms with Crippen molar-refractivity contribution in [3.05, 3.63) is 0 Å². The van der Waals surface area contributed by atoms with Crippen LogP contribution in [-0.2, 0) is 9.53 Å². The van der Waals surface area contributed by atoms with E-state index in [2.05, 4.69) is 24.5 Å². The van der Waals surface area contributed by atoms with E-state index in [-0.39, 0.29) is 24.2 Å². The number of rotatable bonds is 6. The summed E-state index contributed by atoms with van der Waals surface area (Å²) in [5, 5.41) is 6.10. The van der Waals surface area contributed by atoms with Gasteiger partial charge in [-0.3, -0.25) is 4.79 Å². The number of amides is 1. The van der Waals surface area contributed by atoms with Crippen molar-refractivity contribution in [1.82, 2.24) is 10.6 Å². The summed E-state index contributed by atoms with van der Waals surface area (Å²) in [7, 11) is 0. The van der Waals surface area contributed by atoms with Crippen LogP contribution in [0.2, 0.25) is 0 Å². The average Bonchev–Trinajstić information content (AvgIpc) is 2.19. The lowest BCUT2D eigenvalue weighted by Gasteiger charge is -2.30. The molecule has 1 unspecified atom stereocenters. The van der Waals surface area contributed by atoms with Crippen LogP contribution in [0.4, 0.5) is 0 Å². The van der Waals surface area contributed by atoms with Gasteiger partial charge in [-0.2, -0.15) is 0 Å². The highest BCUT2D eigenvalue weighted by atomic mass is 16.5. The summed E-state index contributed by atoms with van der Waals surface area (Å²) in [5.41, 5.74) is 0. The number of carbonyl (C=O) groups is 1. The Labute approximate surface area is 91.8 Å². The fraction of sp³-hybridized carbons (Fsp3) is 0.909. The molecule has 0 aromatic carbocycles. The van der Waals surface area contributed by atoms with Gasteiger partial charge in [-0.15, -0.1) is 0 Å². The molecule has 88 valence electrons. The summed E-state index contributed by atoms with van der Waals surface area (Å²) in [4.78, 5) is 11.7. The first-order valence-corrected chi connectivity index (χ1v) is 5.83. The molecular formula is C11H22N2O2. The van der Waals surface area contributed by atoms with Crippen LogP contribution in [0.5, 0.6) is 0 Å². The van der Waals surface area contributed by atoms with E-state index in [1.165, 1.54) is 0 Å². The largest absolute Gasteiger partial charge is 0.363 e. The molecule has 0 spiro atoms. The van der Waals surface area contributed by atoms with Crippen LogP contribution in [0.3, 0.4) is 0 Å². The lowest BCUT2D eigenvalue weighted by Crippen LogP contribution is -2.52. The van der Waals surface area contributed by atoms with Crippen LogP contribution in [0, 0.1) is 0 Å². The molecule has 1 atom stereocenters. The standard InChI is InChI=1S/C11H22N2O2/c1-4-9(5-2)13-11(14)8(3)15-10-6-12-7-10/h8-10,12H,4-7H2,1-3H3,(H,13,14). The van der Waals surface area contributed by atoms with Gasteiger partial charge in [-0.25, -0.2) is 0 Å². The Hall–Kier alpha value is -0.610. The van der Waals surface area contributed by atoms with E-state index in [1.54, 1.807) is 0 Å². The molecule has 0 bridgehead atoms. The van der Waals surface area contributed by atoms with Crippen LogP contribution in [-0.4, -0.2) is 37.2 Å². The second-order valence-electron chi connectivity index (χ2n) is 4.08. The summed E-state index contributed by atoms with van der Waals surface area (Å²) in [6, 6.07) is 0.281. The first-order chi connectivity index (χ1) is 7.17. The molecule has 0 aliphatic carbocycles. The maximum Gasteiger partial charge on any atom is 0.249 e. The van der Waals surface area contributed by atoms with E-state index < -0.39 is 0 Å². The minimum atomic E-state index is -0.335. The van der Waals surface area contributed by atoms with Crippen LogP contribution in [0.15, 0.2) is 0 Å². The average molecular weight is 214 g/mol. The lowest BCUT2D eigenvalue weighted by molar-refractivity contribution is -0.137. The third-order valence-corrected chi connectivity index (χ3v) is 2.84. The highest BCUT2D eigenvalue weighted by Gasteiger charge is 2.24. The molecule has 0 saturated carbocycles. The lowest BCUT2D eigenvalue weighted by atomic mass is 10.1. The van der Waals surface area contributed by atoms with Gasteiger partial charge in [0.2, 0.25) is 5.91 Å². The predicted octanol–water partition coefficient (Wildman–Crippen LogP) is 0.668. The molecule has 0 aromatic rings. The van der Waals surface area contributed by atoms with Crippen molar-refractivity contribution in [3.63, 3.8) is 0 Å². The van der Waals surface area contributed by atoms with Gasteiger partial charge in [-0.1, -0.05) is 13.8 Å². The van der Waals surface area contributed by atoms with Gasteiger partial charge < -0.3 is 15.4 Å². The minimum absolute atomic E-state index is 0.00981. The first kappa shape index (κ1) is 12.5. The number of hydrogen-bond acceptors (Lipinski definition) is 3. The van der Waals surface area contributed by atoms with Crippen molar-refractivity contribution in [2.24, 2.45) is 0 Å². The zero-order chi connectivity index (χ0) is 11.3. The Morgan fingerprint density at radius 2 is 2.07 bits per heavy atom. The van der Waals surface area contributed by atoms with E-state index in [0.29, 0.717) is 0 Å². The predicted molar refractivity (Wildman–Crippen MR) is 59.7 cm³/mol. The van der Waals surface area contributed by atoms with Gasteiger partial charge >= 0.3 is 0 Å². The summed E-state index contributed by atoms with van der Waals surface area (Å²) >= 11 is 0. The summed E-state index contributed by atoms with van der Waals surface area (Å²) in [5.74, 6) is 0.00981. The number of nitrogens with one attached hydrogen (secondary N) is 2. The van der Waals surface area contributed by atoms with E-state index >= 15 is 0 Å². The monoisotopic (exact) mass is 214 g/mol. The number of hydrogen-bond donors (Lipinski definition) is 2.